The summed E-state index contributed by atoms with van der Waals surface area (Å²) in [5.74, 6) is 5.08. The lowest BCUT2D eigenvalue weighted by molar-refractivity contribution is -0.128. The van der Waals surface area contributed by atoms with Crippen LogP contribution in [0.5, 0.6) is 0 Å². The molecule has 0 atom stereocenters. The van der Waals surface area contributed by atoms with E-state index in [1.54, 1.807) is 0 Å². The summed E-state index contributed by atoms with van der Waals surface area (Å²) >= 11 is 0. The van der Waals surface area contributed by atoms with Crippen molar-refractivity contribution in [1.29, 1.82) is 0 Å². The molecule has 1 aromatic rings. The second-order valence-corrected chi connectivity index (χ2v) is 5.21. The fourth-order valence-corrected chi connectivity index (χ4v) is 1.95. The van der Waals surface area contributed by atoms with Crippen LogP contribution in [0.2, 0.25) is 0 Å². The van der Waals surface area contributed by atoms with Gasteiger partial charge in [-0.05, 0) is 45.4 Å². The maximum absolute atomic E-state index is 11.7. The Morgan fingerprint density at radius 1 is 1.44 bits per heavy atom. The molecule has 1 rings (SSSR count). The molecule has 18 heavy (non-hydrogen) atoms. The van der Waals surface area contributed by atoms with Gasteiger partial charge in [-0.25, -0.2) is 5.84 Å². The summed E-state index contributed by atoms with van der Waals surface area (Å²) in [5, 5.41) is 0. The van der Waals surface area contributed by atoms with Gasteiger partial charge in [-0.2, -0.15) is 0 Å². The summed E-state index contributed by atoms with van der Waals surface area (Å²) in [6.07, 6.45) is 0. The zero-order chi connectivity index (χ0) is 13.8. The predicted molar refractivity (Wildman–Crippen MR) is 75.2 cm³/mol. The van der Waals surface area contributed by atoms with Crippen molar-refractivity contribution in [1.82, 2.24) is 5.43 Å². The number of carbonyl (C=O) groups excluding carboxylic acids is 1. The summed E-state index contributed by atoms with van der Waals surface area (Å²) in [6, 6.07) is 8.28. The van der Waals surface area contributed by atoms with Crippen LogP contribution in [0.15, 0.2) is 24.3 Å². The Hall–Kier alpha value is -1.55. The topological polar surface area (TPSA) is 58.4 Å². The van der Waals surface area contributed by atoms with Crippen LogP contribution in [-0.2, 0) is 4.79 Å². The number of nitrogens with one attached hydrogen (secondary N) is 1. The Balaban J connectivity index is 2.89. The van der Waals surface area contributed by atoms with Crippen molar-refractivity contribution < 1.29 is 4.79 Å². The van der Waals surface area contributed by atoms with E-state index in [4.69, 9.17) is 5.84 Å². The SMILES string of the molecule is CCN(CC(C)(C)C(=O)NN)c1cccc(C)c1. The number of hydrazine groups is 1. The van der Waals surface area contributed by atoms with Crippen molar-refractivity contribution in [2.75, 3.05) is 18.0 Å². The van der Waals surface area contributed by atoms with E-state index < -0.39 is 5.41 Å². The molecule has 0 saturated carbocycles. The maximum Gasteiger partial charge on any atom is 0.241 e. The van der Waals surface area contributed by atoms with Crippen LogP contribution in [0, 0.1) is 12.3 Å². The molecular weight excluding hydrogens is 226 g/mol. The lowest BCUT2D eigenvalue weighted by atomic mass is 9.91. The van der Waals surface area contributed by atoms with E-state index in [1.807, 2.05) is 19.9 Å². The first-order chi connectivity index (χ1) is 8.40. The number of nitrogens with zero attached hydrogens (tertiary/aromatic N) is 1. The van der Waals surface area contributed by atoms with Crippen LogP contribution < -0.4 is 16.2 Å². The summed E-state index contributed by atoms with van der Waals surface area (Å²) in [7, 11) is 0. The number of benzene rings is 1. The molecule has 1 amide bonds. The second-order valence-electron chi connectivity index (χ2n) is 5.21. The maximum atomic E-state index is 11.7. The van der Waals surface area contributed by atoms with Crippen molar-refractivity contribution in [3.05, 3.63) is 29.8 Å². The van der Waals surface area contributed by atoms with Gasteiger partial charge in [0.15, 0.2) is 0 Å². The number of rotatable bonds is 5. The van der Waals surface area contributed by atoms with E-state index >= 15 is 0 Å². The van der Waals surface area contributed by atoms with Gasteiger partial charge in [-0.3, -0.25) is 10.2 Å². The number of anilines is 1. The molecule has 0 spiro atoms. The summed E-state index contributed by atoms with van der Waals surface area (Å²) in [5.41, 5.74) is 4.06. The van der Waals surface area contributed by atoms with Gasteiger partial charge in [0, 0.05) is 18.8 Å². The van der Waals surface area contributed by atoms with Crippen LogP contribution >= 0.6 is 0 Å². The van der Waals surface area contributed by atoms with Crippen molar-refractivity contribution in [3.8, 4) is 0 Å². The molecule has 0 unspecified atom stereocenters. The molecule has 0 bridgehead atoms. The van der Waals surface area contributed by atoms with Crippen LogP contribution in [-0.4, -0.2) is 19.0 Å². The number of hydrogen-bond donors (Lipinski definition) is 2. The monoisotopic (exact) mass is 249 g/mol. The van der Waals surface area contributed by atoms with E-state index in [9.17, 15) is 4.79 Å². The third-order valence-corrected chi connectivity index (χ3v) is 3.08. The molecule has 0 saturated heterocycles. The Labute approximate surface area is 109 Å². The average molecular weight is 249 g/mol. The van der Waals surface area contributed by atoms with Gasteiger partial charge in [-0.15, -0.1) is 0 Å². The molecule has 4 heteroatoms. The third-order valence-electron chi connectivity index (χ3n) is 3.08. The number of aryl methyl sites for hydroxylation is 1. The molecule has 0 radical (unpaired) electrons. The molecule has 0 fully saturated rings. The van der Waals surface area contributed by atoms with Gasteiger partial charge >= 0.3 is 0 Å². The summed E-state index contributed by atoms with van der Waals surface area (Å²) in [4.78, 5) is 13.9. The summed E-state index contributed by atoms with van der Waals surface area (Å²) < 4.78 is 0. The fraction of sp³-hybridized carbons (Fsp3) is 0.500. The molecule has 0 aliphatic heterocycles. The highest BCUT2D eigenvalue weighted by Gasteiger charge is 2.29. The first-order valence-corrected chi connectivity index (χ1v) is 6.23. The highest BCUT2D eigenvalue weighted by atomic mass is 16.2. The minimum Gasteiger partial charge on any atom is -0.371 e. The lowest BCUT2D eigenvalue weighted by Gasteiger charge is -2.32. The second kappa shape index (κ2) is 5.87. The van der Waals surface area contributed by atoms with Crippen molar-refractivity contribution in [3.63, 3.8) is 0 Å². The number of carbonyl (C=O) groups is 1. The molecule has 4 nitrogen and oxygen atoms in total. The molecule has 0 aliphatic rings. The predicted octanol–water partition coefficient (Wildman–Crippen LogP) is 1.84. The molecular formula is C14H23N3O. The molecule has 0 aromatic heterocycles. The Morgan fingerprint density at radius 3 is 2.61 bits per heavy atom. The molecule has 0 heterocycles. The van der Waals surface area contributed by atoms with Gasteiger partial charge in [0.25, 0.3) is 0 Å². The zero-order valence-electron chi connectivity index (χ0n) is 11.7. The molecule has 1 aromatic carbocycles. The molecule has 3 N–H and O–H groups in total. The number of amides is 1. The van der Waals surface area contributed by atoms with Crippen LogP contribution in [0.3, 0.4) is 0 Å². The van der Waals surface area contributed by atoms with Gasteiger partial charge in [-0.1, -0.05) is 12.1 Å². The fourth-order valence-electron chi connectivity index (χ4n) is 1.95. The van der Waals surface area contributed by atoms with Crippen LogP contribution in [0.1, 0.15) is 26.3 Å². The van der Waals surface area contributed by atoms with Crippen molar-refractivity contribution in [2.24, 2.45) is 11.3 Å². The smallest absolute Gasteiger partial charge is 0.241 e. The Morgan fingerprint density at radius 2 is 2.11 bits per heavy atom. The minimum absolute atomic E-state index is 0.145. The average Bonchev–Trinajstić information content (AvgIpc) is 2.34. The summed E-state index contributed by atoms with van der Waals surface area (Å²) in [6.45, 7) is 9.43. The quantitative estimate of drug-likeness (QED) is 0.475. The Kier molecular flexibility index (Phi) is 4.73. The van der Waals surface area contributed by atoms with E-state index in [0.29, 0.717) is 6.54 Å². The molecule has 100 valence electrons. The zero-order valence-corrected chi connectivity index (χ0v) is 11.7. The normalized spacial score (nSPS) is 11.2. The molecule has 0 aliphatic carbocycles. The van der Waals surface area contributed by atoms with Gasteiger partial charge in [0.2, 0.25) is 5.91 Å². The van der Waals surface area contributed by atoms with E-state index in [0.717, 1.165) is 12.2 Å². The van der Waals surface area contributed by atoms with E-state index in [-0.39, 0.29) is 5.91 Å². The van der Waals surface area contributed by atoms with Gasteiger partial charge in [0.1, 0.15) is 0 Å². The van der Waals surface area contributed by atoms with Crippen molar-refractivity contribution in [2.45, 2.75) is 27.7 Å². The third kappa shape index (κ3) is 3.47. The standard InChI is InChI=1S/C14H23N3O/c1-5-17(10-14(3,4)13(18)16-15)12-8-6-7-11(2)9-12/h6-9H,5,10,15H2,1-4H3,(H,16,18). The first kappa shape index (κ1) is 14.5. The Bertz CT molecular complexity index is 415. The van der Waals surface area contributed by atoms with Crippen LogP contribution in [0.4, 0.5) is 5.69 Å². The van der Waals surface area contributed by atoms with E-state index in [1.165, 1.54) is 5.56 Å². The highest BCUT2D eigenvalue weighted by molar-refractivity contribution is 5.82. The van der Waals surface area contributed by atoms with E-state index in [2.05, 4.69) is 42.4 Å². The first-order valence-electron chi connectivity index (χ1n) is 6.23. The number of hydrogen-bond acceptors (Lipinski definition) is 3. The van der Waals surface area contributed by atoms with Crippen LogP contribution in [0.25, 0.3) is 0 Å². The van der Waals surface area contributed by atoms with Gasteiger partial charge < -0.3 is 4.90 Å². The lowest BCUT2D eigenvalue weighted by Crippen LogP contribution is -2.47. The minimum atomic E-state index is -0.519. The van der Waals surface area contributed by atoms with Crippen molar-refractivity contribution >= 4 is 11.6 Å². The largest absolute Gasteiger partial charge is 0.371 e. The number of nitrogens with two attached hydrogens (primary N) is 1. The van der Waals surface area contributed by atoms with Gasteiger partial charge in [0.05, 0.1) is 5.41 Å². The highest BCUT2D eigenvalue weighted by Crippen LogP contribution is 2.22.